The molecule has 14 heteroatoms. The lowest BCUT2D eigenvalue weighted by atomic mass is 10.00. The number of aryl methyl sites for hydroxylation is 1. The lowest BCUT2D eigenvalue weighted by molar-refractivity contribution is -0.0811. The van der Waals surface area contributed by atoms with E-state index in [9.17, 15) is 14.2 Å². The predicted octanol–water partition coefficient (Wildman–Crippen LogP) is 3.70. The molecule has 1 aliphatic rings. The van der Waals surface area contributed by atoms with Crippen LogP contribution in [0.5, 0.6) is 0 Å². The van der Waals surface area contributed by atoms with Gasteiger partial charge in [0.15, 0.2) is 6.23 Å². The highest BCUT2D eigenvalue weighted by Gasteiger charge is 2.52. The lowest BCUT2D eigenvalue weighted by Gasteiger charge is -2.38. The Hall–Kier alpha value is -1.41. The molecule has 2 unspecified atom stereocenters. The van der Waals surface area contributed by atoms with E-state index >= 15 is 0 Å². The summed E-state index contributed by atoms with van der Waals surface area (Å²) in [5.41, 5.74) is -0.769. The molecule has 0 amide bonds. The molecule has 1 aromatic heterocycles. The molecule has 0 spiro atoms. The van der Waals surface area contributed by atoms with E-state index in [-0.39, 0.29) is 37.8 Å². The topological polar surface area (TPSA) is 126 Å². The second-order valence-electron chi connectivity index (χ2n) is 11.1. The minimum Gasteiger partial charge on any atom is -0.382 e. The number of rotatable bonds is 16. The van der Waals surface area contributed by atoms with E-state index in [0.29, 0.717) is 18.3 Å². The summed E-state index contributed by atoms with van der Waals surface area (Å²) < 4.78 is 47.3. The molecule has 0 bridgehead atoms. The zero-order valence-electron chi connectivity index (χ0n) is 25.2. The van der Waals surface area contributed by atoms with Crippen molar-refractivity contribution in [1.29, 1.82) is 0 Å². The van der Waals surface area contributed by atoms with Crippen LogP contribution in [0.25, 0.3) is 4.85 Å². The first-order valence-corrected chi connectivity index (χ1v) is 17.5. The van der Waals surface area contributed by atoms with Crippen LogP contribution < -0.4 is 11.2 Å². The van der Waals surface area contributed by atoms with E-state index in [4.69, 9.17) is 29.8 Å². The van der Waals surface area contributed by atoms with Gasteiger partial charge in [0.2, 0.25) is 6.54 Å². The number of aromatic nitrogens is 2. The van der Waals surface area contributed by atoms with Crippen LogP contribution in [0.2, 0.25) is 0 Å². The van der Waals surface area contributed by atoms with Gasteiger partial charge in [0.05, 0.1) is 26.5 Å². The molecule has 1 aromatic rings. The number of hydrogen-bond donors (Lipinski definition) is 1. The number of nitrogens with one attached hydrogen (secondary N) is 1. The largest absolute Gasteiger partial charge is 0.382 e. The van der Waals surface area contributed by atoms with Gasteiger partial charge in [0.1, 0.15) is 18.8 Å². The molecule has 1 fully saturated rings. The molecule has 2 rings (SSSR count). The van der Waals surface area contributed by atoms with Gasteiger partial charge >= 0.3 is 5.69 Å². The van der Waals surface area contributed by atoms with Gasteiger partial charge in [-0.25, -0.2) is 16.0 Å². The molecule has 0 radical (unpaired) electrons. The number of nitrogens with zero attached hydrogens (tertiary/aromatic N) is 3. The van der Waals surface area contributed by atoms with Crippen molar-refractivity contribution in [2.45, 2.75) is 78.2 Å². The molecule has 6 atom stereocenters. The number of aromatic amines is 1. The maximum Gasteiger partial charge on any atom is 0.330 e. The van der Waals surface area contributed by atoms with Crippen molar-refractivity contribution in [2.24, 2.45) is 5.92 Å². The first-order chi connectivity index (χ1) is 18.7. The standard InChI is InChI=1S/C26H46N4O8P2/c1-17(2)30(18(3)4)39(36-12-11-27-7)38-22-21(20(6)16-40(9,10)33)37-25(23(22)35-14-13-34-8)29-15-19(5)24(31)28-26(29)32/h15,17-18,20-23,25H,11-14,16H2,1-6,8-10H3,(H,28,31,32)/t20?,21-,22-,23-,25-,39?/m1/s1. The molecule has 12 nitrogen and oxygen atoms in total. The summed E-state index contributed by atoms with van der Waals surface area (Å²) in [7, 11) is -2.56. The first kappa shape index (κ1) is 34.8. The normalized spacial score (nSPS) is 23.2. The molecule has 0 aliphatic carbocycles. The SMILES string of the molecule is [C-]#[N+]CCOP(O[C@H]1[C@@H](OCCOC)[C@H](n2cc(C)c(=O)[nH]c2=O)O[C@@H]1C(C)CP(C)(C)=O)N(C(C)C)C(C)C. The van der Waals surface area contributed by atoms with Gasteiger partial charge in [-0.05, 0) is 53.9 Å². The highest BCUT2D eigenvalue weighted by Crippen LogP contribution is 2.52. The summed E-state index contributed by atoms with van der Waals surface area (Å²) in [5, 5.41) is 0. The Morgan fingerprint density at radius 3 is 2.35 bits per heavy atom. The van der Waals surface area contributed by atoms with Crippen LogP contribution >= 0.6 is 15.7 Å². The molecule has 1 N–H and O–H groups in total. The Morgan fingerprint density at radius 2 is 1.80 bits per heavy atom. The second-order valence-corrected chi connectivity index (χ2v) is 16.0. The van der Waals surface area contributed by atoms with E-state index in [0.717, 1.165) is 0 Å². The van der Waals surface area contributed by atoms with Crippen molar-refractivity contribution in [3.05, 3.63) is 44.0 Å². The van der Waals surface area contributed by atoms with Gasteiger partial charge in [-0.3, -0.25) is 14.3 Å². The third-order valence-corrected chi connectivity index (χ3v) is 9.98. The Bertz CT molecular complexity index is 1140. The van der Waals surface area contributed by atoms with Crippen molar-refractivity contribution in [1.82, 2.24) is 14.2 Å². The number of hydrogen-bond acceptors (Lipinski definition) is 9. The highest BCUT2D eigenvalue weighted by molar-refractivity contribution is 7.62. The average Bonchev–Trinajstić information content (AvgIpc) is 3.18. The Labute approximate surface area is 238 Å². The molecular formula is C26H46N4O8P2. The molecule has 0 aromatic carbocycles. The van der Waals surface area contributed by atoms with Gasteiger partial charge in [-0.2, -0.15) is 0 Å². The number of methoxy groups -OCH3 is 1. The Kier molecular flexibility index (Phi) is 13.7. The highest BCUT2D eigenvalue weighted by atomic mass is 31.2. The number of H-pyrrole nitrogens is 1. The quantitative estimate of drug-likeness (QED) is 0.171. The summed E-state index contributed by atoms with van der Waals surface area (Å²) in [6.45, 7) is 23.3. The molecule has 1 saturated heterocycles. The van der Waals surface area contributed by atoms with Crippen molar-refractivity contribution < 1.29 is 27.8 Å². The minimum absolute atomic E-state index is 0.0665. The third-order valence-electron chi connectivity index (χ3n) is 6.39. The number of ether oxygens (including phenoxy) is 3. The summed E-state index contributed by atoms with van der Waals surface area (Å²) in [4.78, 5) is 30.8. The fourth-order valence-corrected chi connectivity index (χ4v) is 8.22. The zero-order valence-corrected chi connectivity index (χ0v) is 26.9. The fourth-order valence-electron chi connectivity index (χ4n) is 4.88. The molecule has 228 valence electrons. The summed E-state index contributed by atoms with van der Waals surface area (Å²) in [6, 6.07) is 0.133. The Balaban J connectivity index is 2.63. The maximum atomic E-state index is 13.0. The van der Waals surface area contributed by atoms with Gasteiger partial charge in [0, 0.05) is 37.1 Å². The Morgan fingerprint density at radius 1 is 1.15 bits per heavy atom. The second kappa shape index (κ2) is 15.7. The van der Waals surface area contributed by atoms with Gasteiger partial charge in [0.25, 0.3) is 14.1 Å². The average molecular weight is 605 g/mol. The van der Waals surface area contributed by atoms with Crippen molar-refractivity contribution in [2.75, 3.05) is 53.0 Å². The summed E-state index contributed by atoms with van der Waals surface area (Å²) >= 11 is 0. The third kappa shape index (κ3) is 9.57. The van der Waals surface area contributed by atoms with Gasteiger partial charge in [-0.1, -0.05) is 6.92 Å². The predicted molar refractivity (Wildman–Crippen MR) is 156 cm³/mol. The van der Waals surface area contributed by atoms with E-state index in [1.165, 1.54) is 10.8 Å². The summed E-state index contributed by atoms with van der Waals surface area (Å²) in [5.74, 6) is -0.226. The molecule has 0 saturated carbocycles. The fraction of sp³-hybridized carbons (Fsp3) is 0.808. The van der Waals surface area contributed by atoms with Crippen LogP contribution in [-0.4, -0.2) is 97.6 Å². The molecule has 1 aliphatic heterocycles. The lowest BCUT2D eigenvalue weighted by Crippen LogP contribution is -2.43. The summed E-state index contributed by atoms with van der Waals surface area (Å²) in [6.07, 6.45) is -1.20. The smallest absolute Gasteiger partial charge is 0.330 e. The van der Waals surface area contributed by atoms with Crippen molar-refractivity contribution in [3.63, 3.8) is 0 Å². The molecular weight excluding hydrogens is 558 g/mol. The van der Waals surface area contributed by atoms with Gasteiger partial charge in [-0.15, -0.1) is 0 Å². The van der Waals surface area contributed by atoms with E-state index < -0.39 is 51.5 Å². The van der Waals surface area contributed by atoms with E-state index in [2.05, 4.69) is 14.5 Å². The van der Waals surface area contributed by atoms with Crippen LogP contribution in [0.3, 0.4) is 0 Å². The van der Waals surface area contributed by atoms with Crippen LogP contribution in [0, 0.1) is 19.4 Å². The monoisotopic (exact) mass is 604 g/mol. The van der Waals surface area contributed by atoms with Crippen LogP contribution in [-0.2, 0) is 27.8 Å². The van der Waals surface area contributed by atoms with E-state index in [1.54, 1.807) is 27.4 Å². The van der Waals surface area contributed by atoms with E-state index in [1.807, 2.05) is 34.6 Å². The zero-order chi connectivity index (χ0) is 30.2. The first-order valence-electron chi connectivity index (χ1n) is 13.5. The minimum atomic E-state index is -2.45. The molecule has 40 heavy (non-hydrogen) atoms. The van der Waals surface area contributed by atoms with Crippen LogP contribution in [0.4, 0.5) is 0 Å². The van der Waals surface area contributed by atoms with Crippen molar-refractivity contribution >= 4 is 15.7 Å². The van der Waals surface area contributed by atoms with Gasteiger partial charge < -0.3 is 32.7 Å². The molecule has 2 heterocycles. The van der Waals surface area contributed by atoms with Crippen LogP contribution in [0.15, 0.2) is 15.8 Å². The van der Waals surface area contributed by atoms with Crippen LogP contribution in [0.1, 0.15) is 46.4 Å². The maximum absolute atomic E-state index is 13.0. The van der Waals surface area contributed by atoms with Crippen molar-refractivity contribution in [3.8, 4) is 0 Å².